The average molecular weight is 452 g/mol. The number of rotatable bonds is 4. The fourth-order valence-corrected chi connectivity index (χ4v) is 5.53. The summed E-state index contributed by atoms with van der Waals surface area (Å²) in [5.74, 6) is 0.521. The standard InChI is InChI=1S/C29H26FN3O/c30-24-6-4-20(5-7-24)29-28(19-8-11-31-12-9-19)27(17-32-29)22-10-13-33-18-23(15-25(33)14-22)21-2-1-3-26(34)16-21/h1-9,11-12,14,16-17,23,25,32,34H,10,13,15,18H2/t23-,25-/m1/s1. The van der Waals surface area contributed by atoms with Crippen molar-refractivity contribution in [2.45, 2.75) is 24.8 Å². The number of phenols is 1. The third-order valence-corrected chi connectivity index (χ3v) is 7.18. The maximum absolute atomic E-state index is 13.6. The molecule has 0 saturated carbocycles. The van der Waals surface area contributed by atoms with Crippen LogP contribution in [0.2, 0.25) is 0 Å². The molecule has 5 heteroatoms. The van der Waals surface area contributed by atoms with E-state index in [2.05, 4.69) is 33.2 Å². The van der Waals surface area contributed by atoms with Crippen molar-refractivity contribution >= 4 is 5.57 Å². The first kappa shape index (κ1) is 20.9. The van der Waals surface area contributed by atoms with Crippen LogP contribution in [0.3, 0.4) is 0 Å². The number of aromatic hydroxyl groups is 1. The summed E-state index contributed by atoms with van der Waals surface area (Å²) in [6, 6.07) is 18.8. The third-order valence-electron chi connectivity index (χ3n) is 7.18. The van der Waals surface area contributed by atoms with Gasteiger partial charge < -0.3 is 10.1 Å². The van der Waals surface area contributed by atoms with Gasteiger partial charge in [0.25, 0.3) is 0 Å². The lowest BCUT2D eigenvalue weighted by atomic mass is 9.90. The van der Waals surface area contributed by atoms with Gasteiger partial charge in [0.1, 0.15) is 11.6 Å². The summed E-state index contributed by atoms with van der Waals surface area (Å²) in [5.41, 5.74) is 7.94. The minimum absolute atomic E-state index is 0.237. The number of fused-ring (bicyclic) bond motifs is 1. The van der Waals surface area contributed by atoms with Crippen LogP contribution in [0, 0.1) is 5.82 Å². The van der Waals surface area contributed by atoms with Crippen LogP contribution in [0.15, 0.2) is 85.3 Å². The second-order valence-electron chi connectivity index (χ2n) is 9.23. The van der Waals surface area contributed by atoms with Gasteiger partial charge >= 0.3 is 0 Å². The van der Waals surface area contributed by atoms with Crippen LogP contribution in [0.5, 0.6) is 5.75 Å². The molecule has 0 amide bonds. The third kappa shape index (κ3) is 3.82. The number of pyridine rings is 1. The molecule has 4 heterocycles. The van der Waals surface area contributed by atoms with Crippen molar-refractivity contribution in [3.05, 3.63) is 102 Å². The molecule has 6 rings (SSSR count). The second kappa shape index (κ2) is 8.58. The van der Waals surface area contributed by atoms with E-state index in [1.807, 2.05) is 48.8 Å². The Labute approximate surface area is 198 Å². The molecule has 1 saturated heterocycles. The number of benzene rings is 2. The van der Waals surface area contributed by atoms with Gasteiger partial charge in [-0.25, -0.2) is 4.39 Å². The van der Waals surface area contributed by atoms with E-state index in [9.17, 15) is 9.50 Å². The molecule has 0 aliphatic carbocycles. The summed E-state index contributed by atoms with van der Waals surface area (Å²) < 4.78 is 13.6. The van der Waals surface area contributed by atoms with E-state index < -0.39 is 0 Å². The Morgan fingerprint density at radius 2 is 1.82 bits per heavy atom. The summed E-state index contributed by atoms with van der Waals surface area (Å²) in [6.45, 7) is 2.03. The lowest BCUT2D eigenvalue weighted by molar-refractivity contribution is 0.286. The lowest BCUT2D eigenvalue weighted by Gasteiger charge is -2.28. The first-order chi connectivity index (χ1) is 16.7. The molecule has 34 heavy (non-hydrogen) atoms. The molecule has 0 spiro atoms. The van der Waals surface area contributed by atoms with E-state index in [4.69, 9.17) is 0 Å². The monoisotopic (exact) mass is 451 g/mol. The van der Waals surface area contributed by atoms with Gasteiger partial charge in [-0.2, -0.15) is 0 Å². The van der Waals surface area contributed by atoms with Gasteiger partial charge in [0.2, 0.25) is 0 Å². The molecule has 0 bridgehead atoms. The molecule has 2 aliphatic heterocycles. The van der Waals surface area contributed by atoms with E-state index in [1.54, 1.807) is 6.07 Å². The van der Waals surface area contributed by atoms with E-state index in [-0.39, 0.29) is 5.82 Å². The summed E-state index contributed by atoms with van der Waals surface area (Å²) >= 11 is 0. The fraction of sp³-hybridized carbons (Fsp3) is 0.207. The van der Waals surface area contributed by atoms with Crippen molar-refractivity contribution in [3.63, 3.8) is 0 Å². The van der Waals surface area contributed by atoms with Crippen LogP contribution in [-0.2, 0) is 0 Å². The molecule has 2 N–H and O–H groups in total. The Kier molecular flexibility index (Phi) is 5.27. The Morgan fingerprint density at radius 1 is 1.00 bits per heavy atom. The molecule has 170 valence electrons. The van der Waals surface area contributed by atoms with Crippen molar-refractivity contribution in [1.29, 1.82) is 0 Å². The van der Waals surface area contributed by atoms with Crippen LogP contribution >= 0.6 is 0 Å². The van der Waals surface area contributed by atoms with E-state index in [0.717, 1.165) is 48.3 Å². The number of aromatic nitrogens is 2. The van der Waals surface area contributed by atoms with E-state index >= 15 is 0 Å². The minimum atomic E-state index is -0.237. The number of H-pyrrole nitrogens is 1. The van der Waals surface area contributed by atoms with E-state index in [1.165, 1.54) is 28.8 Å². The van der Waals surface area contributed by atoms with E-state index in [0.29, 0.717) is 17.7 Å². The van der Waals surface area contributed by atoms with Crippen LogP contribution in [-0.4, -0.2) is 39.1 Å². The minimum Gasteiger partial charge on any atom is -0.508 e. The highest BCUT2D eigenvalue weighted by Gasteiger charge is 2.34. The van der Waals surface area contributed by atoms with Gasteiger partial charge in [0, 0.05) is 48.8 Å². The van der Waals surface area contributed by atoms with Gasteiger partial charge in [-0.05, 0) is 89.6 Å². The highest BCUT2D eigenvalue weighted by molar-refractivity contribution is 5.91. The zero-order valence-electron chi connectivity index (χ0n) is 18.8. The summed E-state index contributed by atoms with van der Waals surface area (Å²) in [5, 5.41) is 9.92. The predicted octanol–water partition coefficient (Wildman–Crippen LogP) is 6.23. The molecule has 2 aromatic carbocycles. The zero-order valence-corrected chi connectivity index (χ0v) is 18.8. The van der Waals surface area contributed by atoms with Gasteiger partial charge in [-0.3, -0.25) is 9.88 Å². The largest absolute Gasteiger partial charge is 0.508 e. The highest BCUT2D eigenvalue weighted by atomic mass is 19.1. The Morgan fingerprint density at radius 3 is 2.62 bits per heavy atom. The van der Waals surface area contributed by atoms with Gasteiger partial charge in [0.15, 0.2) is 0 Å². The molecule has 1 fully saturated rings. The molecule has 2 aliphatic rings. The van der Waals surface area contributed by atoms with Crippen LogP contribution < -0.4 is 0 Å². The number of hydrogen-bond acceptors (Lipinski definition) is 3. The highest BCUT2D eigenvalue weighted by Crippen LogP contribution is 2.43. The van der Waals surface area contributed by atoms with Gasteiger partial charge in [0.05, 0.1) is 5.69 Å². The smallest absolute Gasteiger partial charge is 0.123 e. The SMILES string of the molecule is Oc1cccc([C@@H]2C[C@H]3C=C(c4c[nH]c(-c5ccc(F)cc5)c4-c4ccncc4)CCN3C2)c1. The molecule has 2 atom stereocenters. The second-order valence-corrected chi connectivity index (χ2v) is 9.23. The van der Waals surface area contributed by atoms with Gasteiger partial charge in [-0.15, -0.1) is 0 Å². The summed E-state index contributed by atoms with van der Waals surface area (Å²) in [6.07, 6.45) is 10.2. The van der Waals surface area contributed by atoms with Crippen molar-refractivity contribution in [1.82, 2.24) is 14.9 Å². The first-order valence-electron chi connectivity index (χ1n) is 11.8. The predicted molar refractivity (Wildman–Crippen MR) is 133 cm³/mol. The van der Waals surface area contributed by atoms with Crippen molar-refractivity contribution in [2.24, 2.45) is 0 Å². The van der Waals surface area contributed by atoms with Crippen molar-refractivity contribution < 1.29 is 9.50 Å². The topological polar surface area (TPSA) is 52.1 Å². The molecule has 0 radical (unpaired) electrons. The summed E-state index contributed by atoms with van der Waals surface area (Å²) in [7, 11) is 0. The van der Waals surface area contributed by atoms with Crippen LogP contribution in [0.4, 0.5) is 4.39 Å². The molecule has 2 aromatic heterocycles. The first-order valence-corrected chi connectivity index (χ1v) is 11.8. The van der Waals surface area contributed by atoms with Crippen LogP contribution in [0.1, 0.15) is 29.9 Å². The number of phenolic OH excluding ortho intramolecular Hbond substituents is 1. The lowest BCUT2D eigenvalue weighted by Crippen LogP contribution is -2.32. The average Bonchev–Trinajstić information content (AvgIpc) is 3.49. The van der Waals surface area contributed by atoms with Crippen molar-refractivity contribution in [3.8, 4) is 28.1 Å². The normalized spacial score (nSPS) is 20.2. The molecule has 0 unspecified atom stereocenters. The molecule has 4 aromatic rings. The Hall–Kier alpha value is -3.70. The zero-order chi connectivity index (χ0) is 23.1. The maximum atomic E-state index is 13.6. The number of aromatic amines is 1. The number of nitrogens with zero attached hydrogens (tertiary/aromatic N) is 2. The fourth-order valence-electron chi connectivity index (χ4n) is 5.53. The number of hydrogen-bond donors (Lipinski definition) is 2. The Bertz CT molecular complexity index is 1340. The van der Waals surface area contributed by atoms with Crippen LogP contribution in [0.25, 0.3) is 28.0 Å². The quantitative estimate of drug-likeness (QED) is 0.387. The molecule has 4 nitrogen and oxygen atoms in total. The molecular formula is C29H26FN3O. The molecular weight excluding hydrogens is 425 g/mol. The van der Waals surface area contributed by atoms with Gasteiger partial charge in [-0.1, -0.05) is 18.2 Å². The summed E-state index contributed by atoms with van der Waals surface area (Å²) in [4.78, 5) is 10.2. The van der Waals surface area contributed by atoms with Crippen molar-refractivity contribution in [2.75, 3.05) is 13.1 Å². The number of nitrogens with one attached hydrogen (secondary N) is 1. The maximum Gasteiger partial charge on any atom is 0.123 e. The number of halogens is 1. The Balaban J connectivity index is 1.37.